The summed E-state index contributed by atoms with van der Waals surface area (Å²) >= 11 is 8.25. The number of aromatic nitrogens is 2. The van der Waals surface area contributed by atoms with Crippen molar-refractivity contribution in [2.24, 2.45) is 0 Å². The molecule has 0 bridgehead atoms. The standard InChI is InChI=1S/C14H16ClN3OS/c15-12-6-9(11-7-17-18-14(11)16)3-4-13(12)19-10-2-1-5-20-8-10/h3-4,6-7,10H,1-2,5,8H2,(H3,16,17,18). The van der Waals surface area contributed by atoms with Crippen LogP contribution in [0.1, 0.15) is 12.8 Å². The Morgan fingerprint density at radius 3 is 3.00 bits per heavy atom. The topological polar surface area (TPSA) is 63.9 Å². The summed E-state index contributed by atoms with van der Waals surface area (Å²) in [6.45, 7) is 0. The van der Waals surface area contributed by atoms with Crippen LogP contribution in [-0.4, -0.2) is 27.8 Å². The molecule has 20 heavy (non-hydrogen) atoms. The summed E-state index contributed by atoms with van der Waals surface area (Å²) < 4.78 is 5.98. The number of hydrogen-bond acceptors (Lipinski definition) is 4. The second-order valence-corrected chi connectivity index (χ2v) is 6.36. The van der Waals surface area contributed by atoms with E-state index in [1.54, 1.807) is 6.20 Å². The molecule has 1 aromatic carbocycles. The van der Waals surface area contributed by atoms with Crippen LogP contribution in [0.4, 0.5) is 5.82 Å². The van der Waals surface area contributed by atoms with Crippen LogP contribution in [0.25, 0.3) is 11.1 Å². The first-order valence-electron chi connectivity index (χ1n) is 6.57. The van der Waals surface area contributed by atoms with Crippen LogP contribution in [0, 0.1) is 0 Å². The number of H-pyrrole nitrogens is 1. The summed E-state index contributed by atoms with van der Waals surface area (Å²) in [7, 11) is 0. The van der Waals surface area contributed by atoms with Crippen molar-refractivity contribution in [3.05, 3.63) is 29.4 Å². The van der Waals surface area contributed by atoms with E-state index in [1.165, 1.54) is 12.2 Å². The van der Waals surface area contributed by atoms with Gasteiger partial charge in [0, 0.05) is 11.3 Å². The van der Waals surface area contributed by atoms with Crippen molar-refractivity contribution in [1.29, 1.82) is 0 Å². The predicted molar refractivity (Wildman–Crippen MR) is 84.4 cm³/mol. The predicted octanol–water partition coefficient (Wildman–Crippen LogP) is 3.59. The molecule has 0 radical (unpaired) electrons. The molecule has 0 saturated carbocycles. The van der Waals surface area contributed by atoms with Gasteiger partial charge in [-0.1, -0.05) is 17.7 Å². The fourth-order valence-electron chi connectivity index (χ4n) is 2.27. The molecule has 4 nitrogen and oxygen atoms in total. The molecular formula is C14H16ClN3OS. The highest BCUT2D eigenvalue weighted by Gasteiger charge is 2.17. The van der Waals surface area contributed by atoms with E-state index in [-0.39, 0.29) is 6.10 Å². The highest BCUT2D eigenvalue weighted by molar-refractivity contribution is 7.99. The Morgan fingerprint density at radius 2 is 2.35 bits per heavy atom. The SMILES string of the molecule is Nc1[nH]ncc1-c1ccc(OC2CCCSC2)c(Cl)c1. The zero-order chi connectivity index (χ0) is 13.9. The third-order valence-electron chi connectivity index (χ3n) is 3.32. The molecule has 2 aromatic rings. The molecule has 2 heterocycles. The Morgan fingerprint density at radius 1 is 1.45 bits per heavy atom. The van der Waals surface area contributed by atoms with Crippen LogP contribution in [-0.2, 0) is 0 Å². The lowest BCUT2D eigenvalue weighted by molar-refractivity contribution is 0.211. The van der Waals surface area contributed by atoms with Gasteiger partial charge in [0.05, 0.1) is 11.2 Å². The summed E-state index contributed by atoms with van der Waals surface area (Å²) in [5.74, 6) is 3.54. The number of hydrogen-bond donors (Lipinski definition) is 2. The van der Waals surface area contributed by atoms with Gasteiger partial charge in [-0.05, 0) is 36.3 Å². The third-order valence-corrected chi connectivity index (χ3v) is 4.80. The Kier molecular flexibility index (Phi) is 4.08. The highest BCUT2D eigenvalue weighted by atomic mass is 35.5. The minimum atomic E-state index is 0.260. The maximum atomic E-state index is 6.31. The second-order valence-electron chi connectivity index (χ2n) is 4.80. The fourth-order valence-corrected chi connectivity index (χ4v) is 3.53. The molecule has 3 rings (SSSR count). The Balaban J connectivity index is 1.79. The first kappa shape index (κ1) is 13.6. The lowest BCUT2D eigenvalue weighted by Gasteiger charge is -2.23. The molecule has 1 aromatic heterocycles. The van der Waals surface area contributed by atoms with Crippen LogP contribution in [0.3, 0.4) is 0 Å². The number of nitrogens with zero attached hydrogens (tertiary/aromatic N) is 1. The first-order chi connectivity index (χ1) is 9.74. The number of nitrogens with two attached hydrogens (primary N) is 1. The molecule has 1 saturated heterocycles. The smallest absolute Gasteiger partial charge is 0.138 e. The van der Waals surface area contributed by atoms with Crippen LogP contribution in [0.2, 0.25) is 5.02 Å². The molecule has 1 aliphatic heterocycles. The number of benzene rings is 1. The van der Waals surface area contributed by atoms with Gasteiger partial charge in [-0.2, -0.15) is 16.9 Å². The van der Waals surface area contributed by atoms with E-state index in [0.29, 0.717) is 10.8 Å². The number of rotatable bonds is 3. The van der Waals surface area contributed by atoms with Gasteiger partial charge in [0.2, 0.25) is 0 Å². The Bertz CT molecular complexity index is 596. The molecule has 1 fully saturated rings. The quantitative estimate of drug-likeness (QED) is 0.909. The van der Waals surface area contributed by atoms with Crippen LogP contribution >= 0.6 is 23.4 Å². The Labute approximate surface area is 127 Å². The Hall–Kier alpha value is -1.33. The number of halogens is 1. The van der Waals surface area contributed by atoms with Crippen LogP contribution < -0.4 is 10.5 Å². The largest absolute Gasteiger partial charge is 0.488 e. The summed E-state index contributed by atoms with van der Waals surface area (Å²) in [5.41, 5.74) is 7.61. The van der Waals surface area contributed by atoms with Gasteiger partial charge < -0.3 is 10.5 Å². The van der Waals surface area contributed by atoms with Gasteiger partial charge in [-0.3, -0.25) is 5.10 Å². The van der Waals surface area contributed by atoms with Crippen molar-refractivity contribution in [2.75, 3.05) is 17.2 Å². The zero-order valence-corrected chi connectivity index (χ0v) is 12.5. The second kappa shape index (κ2) is 5.97. The zero-order valence-electron chi connectivity index (χ0n) is 10.9. The molecule has 1 atom stereocenters. The molecule has 106 valence electrons. The maximum Gasteiger partial charge on any atom is 0.138 e. The van der Waals surface area contributed by atoms with Crippen molar-refractivity contribution < 1.29 is 4.74 Å². The van der Waals surface area contributed by atoms with E-state index >= 15 is 0 Å². The van der Waals surface area contributed by atoms with Gasteiger partial charge in [0.15, 0.2) is 0 Å². The molecular weight excluding hydrogens is 294 g/mol. The molecule has 6 heteroatoms. The van der Waals surface area contributed by atoms with Crippen molar-refractivity contribution in [3.8, 4) is 16.9 Å². The third kappa shape index (κ3) is 2.88. The minimum absolute atomic E-state index is 0.260. The van der Waals surface area contributed by atoms with Crippen molar-refractivity contribution >= 4 is 29.2 Å². The summed E-state index contributed by atoms with van der Waals surface area (Å²) in [6, 6.07) is 5.73. The molecule has 3 N–H and O–H groups in total. The summed E-state index contributed by atoms with van der Waals surface area (Å²) in [5, 5.41) is 7.24. The van der Waals surface area contributed by atoms with Gasteiger partial charge >= 0.3 is 0 Å². The van der Waals surface area contributed by atoms with Crippen LogP contribution in [0.5, 0.6) is 5.75 Å². The van der Waals surface area contributed by atoms with Crippen LogP contribution in [0.15, 0.2) is 24.4 Å². The van der Waals surface area contributed by atoms with Gasteiger partial charge in [-0.25, -0.2) is 0 Å². The van der Waals surface area contributed by atoms with Gasteiger partial charge in [-0.15, -0.1) is 0 Å². The molecule has 0 amide bonds. The van der Waals surface area contributed by atoms with E-state index in [4.69, 9.17) is 22.1 Å². The van der Waals surface area contributed by atoms with E-state index < -0.39 is 0 Å². The minimum Gasteiger partial charge on any atom is -0.488 e. The molecule has 0 aliphatic carbocycles. The molecule has 0 spiro atoms. The lowest BCUT2D eigenvalue weighted by atomic mass is 10.1. The summed E-state index contributed by atoms with van der Waals surface area (Å²) in [4.78, 5) is 0. The van der Waals surface area contributed by atoms with Crippen molar-refractivity contribution in [1.82, 2.24) is 10.2 Å². The number of anilines is 1. The molecule has 1 aliphatic rings. The number of nitrogens with one attached hydrogen (secondary N) is 1. The van der Waals surface area contributed by atoms with E-state index in [1.807, 2.05) is 30.0 Å². The molecule has 1 unspecified atom stereocenters. The van der Waals surface area contributed by atoms with Crippen molar-refractivity contribution in [3.63, 3.8) is 0 Å². The number of aromatic amines is 1. The van der Waals surface area contributed by atoms with Crippen molar-refractivity contribution in [2.45, 2.75) is 18.9 Å². The highest BCUT2D eigenvalue weighted by Crippen LogP contribution is 2.33. The van der Waals surface area contributed by atoms with Gasteiger partial charge in [0.1, 0.15) is 17.7 Å². The number of nitrogen functional groups attached to an aromatic ring is 1. The monoisotopic (exact) mass is 309 g/mol. The number of thioether (sulfide) groups is 1. The summed E-state index contributed by atoms with van der Waals surface area (Å²) in [6.07, 6.45) is 4.26. The first-order valence-corrected chi connectivity index (χ1v) is 8.10. The normalized spacial score (nSPS) is 18.9. The van der Waals surface area contributed by atoms with E-state index in [9.17, 15) is 0 Å². The lowest BCUT2D eigenvalue weighted by Crippen LogP contribution is -2.23. The van der Waals surface area contributed by atoms with Gasteiger partial charge in [0.25, 0.3) is 0 Å². The number of ether oxygens (including phenoxy) is 1. The van der Waals surface area contributed by atoms with E-state index in [2.05, 4.69) is 10.2 Å². The maximum absolute atomic E-state index is 6.31. The average Bonchev–Trinajstić information content (AvgIpc) is 2.88. The fraction of sp³-hybridized carbons (Fsp3) is 0.357. The van der Waals surface area contributed by atoms with E-state index in [0.717, 1.165) is 29.1 Å². The average molecular weight is 310 g/mol.